The summed E-state index contributed by atoms with van der Waals surface area (Å²) in [6, 6.07) is 18.2. The summed E-state index contributed by atoms with van der Waals surface area (Å²) in [6.45, 7) is 0. The van der Waals surface area contributed by atoms with Crippen LogP contribution in [0.15, 0.2) is 48.5 Å². The highest BCUT2D eigenvalue weighted by Crippen LogP contribution is 2.26. The molecule has 31 heavy (non-hydrogen) atoms. The van der Waals surface area contributed by atoms with E-state index in [1.807, 2.05) is 0 Å². The van der Waals surface area contributed by atoms with Crippen molar-refractivity contribution in [2.75, 3.05) is 24.3 Å². The van der Waals surface area contributed by atoms with Crippen molar-refractivity contribution in [1.82, 2.24) is 0 Å². The molecule has 0 bridgehead atoms. The molecule has 3 N–H and O–H groups in total. The van der Waals surface area contributed by atoms with Crippen LogP contribution in [0.1, 0.15) is 24.0 Å². The number of nitrogens with one attached hydrogen (secondary N) is 1. The molecule has 10 nitrogen and oxygen atoms in total. The molecular weight excluding hydrogens is 455 g/mol. The van der Waals surface area contributed by atoms with Crippen molar-refractivity contribution >= 4 is 11.4 Å². The van der Waals surface area contributed by atoms with Crippen LogP contribution in [0.3, 0.4) is 0 Å². The smallest absolute Gasteiger partial charge is 0.0777 e. The Morgan fingerprint density at radius 1 is 0.903 bits per heavy atom. The third kappa shape index (κ3) is 14.1. The summed E-state index contributed by atoms with van der Waals surface area (Å²) in [5.74, 6) is 0. The van der Waals surface area contributed by atoms with Crippen molar-refractivity contribution in [3.8, 4) is 0 Å². The Balaban J connectivity index is 0.000000404. The first-order chi connectivity index (χ1) is 14.2. The standard InChI is InChI=1S/C19H24N2.2ClHO4/c1-21(2)18-13-8-15(9-14-18)7-11-17-12-10-16-5-3-4-6-19(16)20-17;2*2-1(3,4)5/h3-6,8-9,13-14,17,20H,7,10-12H2,1-2H3;2*(H,2,3,4,5). The van der Waals surface area contributed by atoms with Gasteiger partial charge in [0.05, 0.1) is 29.8 Å². The van der Waals surface area contributed by atoms with E-state index in [2.05, 4.69) is 72.8 Å². The molecule has 1 unspecified atom stereocenters. The summed E-state index contributed by atoms with van der Waals surface area (Å²) in [7, 11) is -5.23. The zero-order valence-electron chi connectivity index (χ0n) is 17.1. The molecule has 174 valence electrons. The molecule has 0 aromatic heterocycles. The lowest BCUT2D eigenvalue weighted by atomic mass is 9.94. The first-order valence-electron chi connectivity index (χ1n) is 9.09. The largest absolute Gasteiger partial charge is 0.382 e. The maximum absolute atomic E-state index is 8.60. The van der Waals surface area contributed by atoms with Crippen LogP contribution in [0.4, 0.5) is 11.4 Å². The molecule has 3 rings (SSSR count). The number of fused-ring (bicyclic) bond motifs is 1. The van der Waals surface area contributed by atoms with Gasteiger partial charge in [0.1, 0.15) is 0 Å². The van der Waals surface area contributed by atoms with E-state index >= 15 is 0 Å². The van der Waals surface area contributed by atoms with Gasteiger partial charge in [-0.2, -0.15) is 28.0 Å². The molecule has 12 heteroatoms. The number of hydrogen-bond donors (Lipinski definition) is 3. The van der Waals surface area contributed by atoms with Gasteiger partial charge in [0.15, 0.2) is 0 Å². The molecular formula is C19H26Cl2N2O8. The summed E-state index contributed by atoms with van der Waals surface area (Å²) in [5, 5.41) is 3.69. The van der Waals surface area contributed by atoms with Crippen molar-refractivity contribution in [3.05, 3.63) is 59.7 Å². The van der Waals surface area contributed by atoms with Crippen LogP contribution in [0.2, 0.25) is 0 Å². The predicted octanol–water partition coefficient (Wildman–Crippen LogP) is -4.14. The van der Waals surface area contributed by atoms with Gasteiger partial charge in [-0.25, -0.2) is 0 Å². The molecule has 2 aromatic carbocycles. The van der Waals surface area contributed by atoms with E-state index in [4.69, 9.17) is 37.3 Å². The molecule has 1 heterocycles. The number of para-hydroxylation sites is 1. The van der Waals surface area contributed by atoms with Gasteiger partial charge in [0.2, 0.25) is 0 Å². The number of aryl methyl sites for hydroxylation is 2. The second kappa shape index (κ2) is 12.4. The van der Waals surface area contributed by atoms with Crippen LogP contribution in [0, 0.1) is 20.5 Å². The van der Waals surface area contributed by atoms with Crippen molar-refractivity contribution in [1.29, 1.82) is 0 Å². The number of anilines is 2. The molecule has 0 fully saturated rings. The van der Waals surface area contributed by atoms with Gasteiger partial charge >= 0.3 is 0 Å². The third-order valence-corrected chi connectivity index (χ3v) is 4.37. The molecule has 0 saturated heterocycles. The maximum Gasteiger partial charge on any atom is 0.0777 e. The highest BCUT2D eigenvalue weighted by atomic mass is 35.7. The van der Waals surface area contributed by atoms with Gasteiger partial charge in [-0.05, 0) is 55.0 Å². The minimum atomic E-state index is -4.69. The quantitative estimate of drug-likeness (QED) is 0.386. The van der Waals surface area contributed by atoms with Crippen LogP contribution < -0.4 is 38.2 Å². The molecule has 0 radical (unpaired) electrons. The molecule has 0 amide bonds. The van der Waals surface area contributed by atoms with E-state index in [0.717, 1.165) is 6.42 Å². The summed E-state index contributed by atoms with van der Waals surface area (Å²) < 4.78 is 65.4. The van der Waals surface area contributed by atoms with Crippen LogP contribution in [-0.4, -0.2) is 29.5 Å². The Morgan fingerprint density at radius 3 is 1.94 bits per heavy atom. The number of rotatable bonds is 4. The van der Waals surface area contributed by atoms with Gasteiger partial charge < -0.3 is 10.2 Å². The van der Waals surface area contributed by atoms with E-state index in [0.29, 0.717) is 6.04 Å². The summed E-state index contributed by atoms with van der Waals surface area (Å²) in [5.41, 5.74) is 5.49. The van der Waals surface area contributed by atoms with Crippen LogP contribution in [-0.2, 0) is 12.8 Å². The van der Waals surface area contributed by atoms with Gasteiger partial charge in [0, 0.05) is 31.5 Å². The van der Waals surface area contributed by atoms with Crippen molar-refractivity contribution in [2.45, 2.75) is 31.7 Å². The van der Waals surface area contributed by atoms with Crippen molar-refractivity contribution in [3.63, 3.8) is 0 Å². The second-order valence-electron chi connectivity index (χ2n) is 6.93. The Bertz CT molecular complexity index is 756. The van der Waals surface area contributed by atoms with E-state index in [9.17, 15) is 0 Å². The Kier molecular flexibility index (Phi) is 10.9. The maximum atomic E-state index is 8.60. The highest BCUT2D eigenvalue weighted by Gasteiger charge is 2.16. The molecule has 1 aliphatic rings. The van der Waals surface area contributed by atoms with Gasteiger partial charge in [-0.1, -0.05) is 30.3 Å². The minimum absolute atomic E-state index is 0.605. The fraction of sp³-hybridized carbons (Fsp3) is 0.368. The lowest BCUT2D eigenvalue weighted by molar-refractivity contribution is -1.92. The topological polar surface area (TPSA) is 194 Å². The number of nitrogens with zero attached hydrogens (tertiary/aromatic N) is 1. The first-order valence-corrected chi connectivity index (χ1v) is 11.6. The van der Waals surface area contributed by atoms with Crippen LogP contribution in [0.5, 0.6) is 0 Å². The predicted molar refractivity (Wildman–Crippen MR) is 95.7 cm³/mol. The van der Waals surface area contributed by atoms with Crippen LogP contribution >= 0.6 is 0 Å². The average Bonchev–Trinajstić information content (AvgIpc) is 2.64. The third-order valence-electron chi connectivity index (χ3n) is 4.37. The monoisotopic (exact) mass is 480 g/mol. The van der Waals surface area contributed by atoms with E-state index in [1.54, 1.807) is 0 Å². The molecule has 2 aromatic rings. The van der Waals surface area contributed by atoms with Gasteiger partial charge in [-0.3, -0.25) is 0 Å². The molecule has 1 aliphatic heterocycles. The SMILES string of the molecule is CN(C)c1ccc(CCC2CCc3ccccc3N2)cc1.[O-][Cl+3]([O-])([O-])O.[O-][Cl+3]([O-])([O-])O. The highest BCUT2D eigenvalue weighted by molar-refractivity contribution is 5.53. The molecule has 0 aliphatic carbocycles. The Morgan fingerprint density at radius 2 is 1.42 bits per heavy atom. The molecule has 0 saturated carbocycles. The van der Waals surface area contributed by atoms with Crippen molar-refractivity contribution < 1.29 is 57.8 Å². The van der Waals surface area contributed by atoms with E-state index in [1.165, 1.54) is 41.8 Å². The number of halogens is 2. The molecule has 0 spiro atoms. The van der Waals surface area contributed by atoms with E-state index < -0.39 is 20.5 Å². The Labute approximate surface area is 185 Å². The summed E-state index contributed by atoms with van der Waals surface area (Å²) >= 11 is 0. The van der Waals surface area contributed by atoms with Gasteiger partial charge in [0.25, 0.3) is 0 Å². The average molecular weight is 481 g/mol. The lowest BCUT2D eigenvalue weighted by Gasteiger charge is -2.27. The number of hydrogen-bond acceptors (Lipinski definition) is 10. The Hall–Kier alpha value is -1.70. The summed E-state index contributed by atoms with van der Waals surface area (Å²) in [4.78, 5) is 2.14. The first kappa shape index (κ1) is 27.3. The van der Waals surface area contributed by atoms with E-state index in [-0.39, 0.29) is 0 Å². The minimum Gasteiger partial charge on any atom is -0.382 e. The van der Waals surface area contributed by atoms with Crippen molar-refractivity contribution in [2.24, 2.45) is 0 Å². The normalized spacial score (nSPS) is 15.4. The second-order valence-corrected chi connectivity index (χ2v) is 8.51. The van der Waals surface area contributed by atoms with Crippen LogP contribution in [0.25, 0.3) is 0 Å². The summed E-state index contributed by atoms with van der Waals surface area (Å²) in [6.07, 6.45) is 4.80. The fourth-order valence-electron chi connectivity index (χ4n) is 3.02. The van der Waals surface area contributed by atoms with Gasteiger partial charge in [-0.15, -0.1) is 0 Å². The molecule has 1 atom stereocenters. The lowest BCUT2D eigenvalue weighted by Crippen LogP contribution is -2.58. The zero-order valence-corrected chi connectivity index (χ0v) is 18.6. The zero-order chi connectivity index (χ0) is 23.7. The fourth-order valence-corrected chi connectivity index (χ4v) is 3.02. The number of benzene rings is 2.